The molecule has 4 N–H and O–H groups in total. The number of amides is 3. The summed E-state index contributed by atoms with van der Waals surface area (Å²) in [6.07, 6.45) is 0.219. The van der Waals surface area contributed by atoms with Crippen molar-refractivity contribution in [3.8, 4) is 0 Å². The lowest BCUT2D eigenvalue weighted by atomic mass is 9.97. The minimum absolute atomic E-state index is 0.0885. The van der Waals surface area contributed by atoms with Crippen molar-refractivity contribution in [1.82, 2.24) is 26.2 Å². The zero-order valence-corrected chi connectivity index (χ0v) is 23.0. The second-order valence-corrected chi connectivity index (χ2v) is 7.72. The van der Waals surface area contributed by atoms with E-state index in [-0.39, 0.29) is 48.9 Å². The number of ketones is 1. The molecule has 1 aliphatic rings. The number of likely N-dealkylation sites (N-methyl/N-ethyl adjacent to an activating group) is 2. The molecule has 1 saturated heterocycles. The highest BCUT2D eigenvalue weighted by Crippen LogP contribution is 2.15. The number of hydrogen-bond acceptors (Lipinski definition) is 7. The lowest BCUT2D eigenvalue weighted by Gasteiger charge is -2.22. The Morgan fingerprint density at radius 1 is 1.03 bits per heavy atom. The molecule has 0 aromatic heterocycles. The number of hydrogen-bond donors (Lipinski definition) is 4. The minimum atomic E-state index is -0.637. The van der Waals surface area contributed by atoms with Gasteiger partial charge in [-0.25, -0.2) is 0 Å². The third kappa shape index (κ3) is 13.7. The van der Waals surface area contributed by atoms with Crippen molar-refractivity contribution in [3.05, 3.63) is 35.9 Å². The highest BCUT2D eigenvalue weighted by atomic mass is 16.2. The molecule has 1 aromatic rings. The van der Waals surface area contributed by atoms with Gasteiger partial charge in [0.1, 0.15) is 6.04 Å². The van der Waals surface area contributed by atoms with Crippen molar-refractivity contribution in [2.24, 2.45) is 11.8 Å². The molecule has 3 atom stereocenters. The van der Waals surface area contributed by atoms with Crippen LogP contribution in [-0.2, 0) is 24.0 Å². The fraction of sp³-hybridized carbons (Fsp3) is 0.577. The van der Waals surface area contributed by atoms with Crippen molar-refractivity contribution in [1.29, 1.82) is 0 Å². The van der Waals surface area contributed by atoms with Crippen LogP contribution >= 0.6 is 0 Å². The molecule has 1 aromatic carbocycles. The van der Waals surface area contributed by atoms with E-state index in [4.69, 9.17) is 0 Å². The maximum Gasteiger partial charge on any atom is 0.249 e. The zero-order valence-electron chi connectivity index (χ0n) is 23.0. The number of nitrogens with zero attached hydrogens (tertiary/aromatic N) is 1. The summed E-state index contributed by atoms with van der Waals surface area (Å²) in [5, 5.41) is 11.0. The summed E-state index contributed by atoms with van der Waals surface area (Å²) in [5.74, 6) is -0.919. The quantitative estimate of drug-likeness (QED) is 0.288. The molecule has 0 aliphatic carbocycles. The highest BCUT2D eigenvalue weighted by molar-refractivity contribution is 6.26. The lowest BCUT2D eigenvalue weighted by molar-refractivity contribution is -0.134. The second kappa shape index (κ2) is 21.2. The van der Waals surface area contributed by atoms with E-state index in [1.165, 1.54) is 4.90 Å². The number of carbonyl (C=O) groups excluding carboxylic acids is 5. The first-order chi connectivity index (χ1) is 17.2. The van der Waals surface area contributed by atoms with Crippen LogP contribution in [0.1, 0.15) is 46.2 Å². The first-order valence-corrected chi connectivity index (χ1v) is 12.4. The summed E-state index contributed by atoms with van der Waals surface area (Å²) in [4.78, 5) is 57.2. The van der Waals surface area contributed by atoms with Crippen LogP contribution in [0.15, 0.2) is 30.3 Å². The Kier molecular flexibility index (Phi) is 20.6. The van der Waals surface area contributed by atoms with E-state index in [9.17, 15) is 24.0 Å². The Balaban J connectivity index is 0. The van der Waals surface area contributed by atoms with Gasteiger partial charge in [-0.1, -0.05) is 65.0 Å². The first-order valence-electron chi connectivity index (χ1n) is 12.4. The van der Waals surface area contributed by atoms with Gasteiger partial charge in [-0.3, -0.25) is 24.0 Å². The van der Waals surface area contributed by atoms with Gasteiger partial charge in [0.25, 0.3) is 0 Å². The summed E-state index contributed by atoms with van der Waals surface area (Å²) in [6.45, 7) is 11.4. The van der Waals surface area contributed by atoms with Gasteiger partial charge in [0.15, 0.2) is 6.29 Å². The van der Waals surface area contributed by atoms with Gasteiger partial charge in [-0.2, -0.15) is 0 Å². The molecule has 0 saturated carbocycles. The molecular formula is C26H45N5O5. The highest BCUT2D eigenvalue weighted by Gasteiger charge is 2.29. The number of Topliss-reactive ketones (excluding diaryl/α,β-unsaturated/α-hetero) is 1. The van der Waals surface area contributed by atoms with Crippen LogP contribution in [0.5, 0.6) is 0 Å². The monoisotopic (exact) mass is 507 g/mol. The summed E-state index contributed by atoms with van der Waals surface area (Å²) in [5.41, 5.74) is 0.778. The van der Waals surface area contributed by atoms with Crippen molar-refractivity contribution < 1.29 is 24.0 Å². The molecule has 1 heterocycles. The molecule has 0 radical (unpaired) electrons. The average molecular weight is 508 g/mol. The number of carbonyl (C=O) groups is 5. The molecule has 204 valence electrons. The fourth-order valence-electron chi connectivity index (χ4n) is 3.07. The van der Waals surface area contributed by atoms with Crippen molar-refractivity contribution >= 4 is 29.8 Å². The smallest absolute Gasteiger partial charge is 0.249 e. The van der Waals surface area contributed by atoms with Gasteiger partial charge < -0.3 is 26.2 Å². The molecule has 0 bridgehead atoms. The zero-order chi connectivity index (χ0) is 28.1. The first kappa shape index (κ1) is 35.1. The summed E-state index contributed by atoms with van der Waals surface area (Å²) in [6, 6.07) is 8.57. The Hall–Kier alpha value is -3.11. The largest absolute Gasteiger partial charge is 0.348 e. The van der Waals surface area contributed by atoms with E-state index >= 15 is 0 Å². The second-order valence-electron chi connectivity index (χ2n) is 7.72. The van der Waals surface area contributed by atoms with E-state index in [0.29, 0.717) is 6.54 Å². The molecule has 0 spiro atoms. The molecule has 10 heteroatoms. The SMILES string of the molecule is CC.CC.CNCC(=O)N[C@H](C(=O)N(C)C)c1ccccc1.C[C@H]1CNC[C@H]1C(=O)NCC(=O)C=O. The third-order valence-electron chi connectivity index (χ3n) is 4.89. The van der Waals surface area contributed by atoms with E-state index in [1.807, 2.05) is 65.0 Å². The van der Waals surface area contributed by atoms with Crippen LogP contribution in [-0.4, -0.2) is 82.0 Å². The van der Waals surface area contributed by atoms with Crippen LogP contribution in [0.25, 0.3) is 0 Å². The molecule has 3 amide bonds. The van der Waals surface area contributed by atoms with Gasteiger partial charge in [0.2, 0.25) is 23.5 Å². The van der Waals surface area contributed by atoms with Crippen LogP contribution in [0, 0.1) is 11.8 Å². The van der Waals surface area contributed by atoms with Gasteiger partial charge in [0, 0.05) is 20.6 Å². The standard InChI is InChI=1S/C13H19N3O2.C9H14N2O3.2C2H6/c1-14-9-11(17)15-12(13(18)16(2)3)10-7-5-4-6-8-10;1-6-2-10-4-8(6)9(14)11-3-7(13)5-12;2*1-2/h4-8,12,14H,9H2,1-3H3,(H,15,17);5-6,8,10H,2-4H2,1H3,(H,11,14);2*1-2H3/t12-;6-,8+;;/m00../s1. The molecular weight excluding hydrogens is 462 g/mol. The van der Waals surface area contributed by atoms with Crippen LogP contribution in [0.3, 0.4) is 0 Å². The van der Waals surface area contributed by atoms with E-state index in [0.717, 1.165) is 12.1 Å². The number of aldehydes is 1. The Labute approximate surface area is 216 Å². The Morgan fingerprint density at radius 2 is 1.61 bits per heavy atom. The van der Waals surface area contributed by atoms with E-state index < -0.39 is 11.8 Å². The van der Waals surface area contributed by atoms with Crippen molar-refractivity contribution in [2.75, 3.05) is 47.3 Å². The number of rotatable bonds is 9. The fourth-order valence-corrected chi connectivity index (χ4v) is 3.07. The molecule has 1 fully saturated rings. The molecule has 2 rings (SSSR count). The van der Waals surface area contributed by atoms with E-state index in [2.05, 4.69) is 21.3 Å². The molecule has 36 heavy (non-hydrogen) atoms. The summed E-state index contributed by atoms with van der Waals surface area (Å²) < 4.78 is 0. The van der Waals surface area contributed by atoms with Crippen molar-refractivity contribution in [2.45, 2.75) is 40.7 Å². The predicted octanol–water partition coefficient (Wildman–Crippen LogP) is 0.930. The van der Waals surface area contributed by atoms with Crippen molar-refractivity contribution in [3.63, 3.8) is 0 Å². The predicted molar refractivity (Wildman–Crippen MR) is 142 cm³/mol. The molecule has 0 unspecified atom stereocenters. The normalized spacial score (nSPS) is 16.2. The van der Waals surface area contributed by atoms with Gasteiger partial charge >= 0.3 is 0 Å². The van der Waals surface area contributed by atoms with Gasteiger partial charge in [-0.15, -0.1) is 0 Å². The number of nitrogens with one attached hydrogen (secondary N) is 4. The Bertz CT molecular complexity index is 786. The topological polar surface area (TPSA) is 137 Å². The number of benzene rings is 1. The Morgan fingerprint density at radius 3 is 2.06 bits per heavy atom. The van der Waals surface area contributed by atoms with Gasteiger partial charge in [0.05, 0.1) is 19.0 Å². The summed E-state index contributed by atoms with van der Waals surface area (Å²) >= 11 is 0. The van der Waals surface area contributed by atoms with Crippen LogP contribution < -0.4 is 21.3 Å². The van der Waals surface area contributed by atoms with Crippen LogP contribution in [0.4, 0.5) is 0 Å². The van der Waals surface area contributed by atoms with E-state index in [1.54, 1.807) is 21.1 Å². The average Bonchev–Trinajstić information content (AvgIpc) is 3.34. The third-order valence-corrected chi connectivity index (χ3v) is 4.89. The molecule has 1 aliphatic heterocycles. The van der Waals surface area contributed by atoms with Gasteiger partial charge in [-0.05, 0) is 25.1 Å². The maximum atomic E-state index is 12.1. The minimum Gasteiger partial charge on any atom is -0.348 e. The molecule has 10 nitrogen and oxygen atoms in total. The van der Waals surface area contributed by atoms with Crippen LogP contribution in [0.2, 0.25) is 0 Å². The lowest BCUT2D eigenvalue weighted by Crippen LogP contribution is -2.42. The maximum absolute atomic E-state index is 12.1. The summed E-state index contributed by atoms with van der Waals surface area (Å²) in [7, 11) is 5.02.